The highest BCUT2D eigenvalue weighted by atomic mass is 14.6. The van der Waals surface area contributed by atoms with Crippen LogP contribution in [0.1, 0.15) is 29.5 Å². The molecule has 0 spiro atoms. The summed E-state index contributed by atoms with van der Waals surface area (Å²) in [6.07, 6.45) is 0. The summed E-state index contributed by atoms with van der Waals surface area (Å²) in [5.41, 5.74) is 15.5. The van der Waals surface area contributed by atoms with E-state index in [2.05, 4.69) is 39.0 Å². The van der Waals surface area contributed by atoms with Gasteiger partial charge in [0.25, 0.3) is 0 Å². The van der Waals surface area contributed by atoms with Crippen molar-refractivity contribution >= 4 is 0 Å². The Balaban J connectivity index is 2.94. The molecule has 1 unspecified atom stereocenters. The molecule has 0 aliphatic rings. The van der Waals surface area contributed by atoms with E-state index in [0.29, 0.717) is 24.9 Å². The van der Waals surface area contributed by atoms with Crippen LogP contribution in [0.2, 0.25) is 0 Å². The van der Waals surface area contributed by atoms with Gasteiger partial charge in [-0.1, -0.05) is 30.7 Å². The Labute approximate surface area is 92.7 Å². The smallest absolute Gasteiger partial charge is 0.00310 e. The van der Waals surface area contributed by atoms with Crippen molar-refractivity contribution in [1.82, 2.24) is 0 Å². The van der Waals surface area contributed by atoms with Gasteiger partial charge >= 0.3 is 0 Å². The van der Waals surface area contributed by atoms with Crippen LogP contribution in [0, 0.1) is 19.8 Å². The zero-order valence-corrected chi connectivity index (χ0v) is 9.96. The van der Waals surface area contributed by atoms with Gasteiger partial charge in [-0.25, -0.2) is 0 Å². The third kappa shape index (κ3) is 2.80. The van der Waals surface area contributed by atoms with E-state index in [4.69, 9.17) is 11.5 Å². The number of rotatable bonds is 4. The monoisotopic (exact) mass is 206 g/mol. The Morgan fingerprint density at radius 1 is 1.13 bits per heavy atom. The van der Waals surface area contributed by atoms with Gasteiger partial charge in [0.05, 0.1) is 0 Å². The maximum atomic E-state index is 5.72. The Kier molecular flexibility index (Phi) is 4.30. The highest BCUT2D eigenvalue weighted by Crippen LogP contribution is 2.26. The molecule has 2 heteroatoms. The minimum Gasteiger partial charge on any atom is -0.330 e. The van der Waals surface area contributed by atoms with Gasteiger partial charge in [-0.05, 0) is 49.9 Å². The fraction of sp³-hybridized carbons (Fsp3) is 0.538. The first kappa shape index (κ1) is 12.2. The van der Waals surface area contributed by atoms with E-state index in [1.807, 2.05) is 0 Å². The Hall–Kier alpha value is -0.860. The van der Waals surface area contributed by atoms with E-state index >= 15 is 0 Å². The summed E-state index contributed by atoms with van der Waals surface area (Å²) in [7, 11) is 0. The predicted octanol–water partition coefficient (Wildman–Crippen LogP) is 1.94. The summed E-state index contributed by atoms with van der Waals surface area (Å²) in [6.45, 7) is 7.80. The van der Waals surface area contributed by atoms with E-state index in [1.54, 1.807) is 0 Å². The standard InChI is InChI=1S/C13H22N2/c1-9-4-5-13(10(2)6-9)11(3)12(7-14)8-15/h4-6,11-12H,7-8,14-15H2,1-3H3. The molecule has 1 rings (SSSR count). The van der Waals surface area contributed by atoms with Gasteiger partial charge in [0.15, 0.2) is 0 Å². The lowest BCUT2D eigenvalue weighted by atomic mass is 9.85. The number of hydrogen-bond acceptors (Lipinski definition) is 2. The third-order valence-corrected chi connectivity index (χ3v) is 3.23. The quantitative estimate of drug-likeness (QED) is 0.791. The Bertz CT molecular complexity index is 316. The summed E-state index contributed by atoms with van der Waals surface area (Å²) < 4.78 is 0. The normalized spacial score (nSPS) is 13.2. The molecule has 1 aromatic rings. The van der Waals surface area contributed by atoms with Crippen molar-refractivity contribution in [2.24, 2.45) is 17.4 Å². The molecular formula is C13H22N2. The highest BCUT2D eigenvalue weighted by molar-refractivity contribution is 5.33. The lowest BCUT2D eigenvalue weighted by Gasteiger charge is -2.23. The molecule has 0 aliphatic carbocycles. The molecule has 1 atom stereocenters. The molecule has 0 saturated heterocycles. The number of hydrogen-bond donors (Lipinski definition) is 2. The summed E-state index contributed by atoms with van der Waals surface area (Å²) >= 11 is 0. The second-order valence-electron chi connectivity index (χ2n) is 4.38. The van der Waals surface area contributed by atoms with Crippen LogP contribution >= 0.6 is 0 Å². The fourth-order valence-electron chi connectivity index (χ4n) is 2.09. The van der Waals surface area contributed by atoms with Crippen LogP contribution in [0.4, 0.5) is 0 Å². The van der Waals surface area contributed by atoms with Crippen molar-refractivity contribution in [3.05, 3.63) is 34.9 Å². The van der Waals surface area contributed by atoms with Crippen molar-refractivity contribution in [2.45, 2.75) is 26.7 Å². The van der Waals surface area contributed by atoms with E-state index in [0.717, 1.165) is 0 Å². The largest absolute Gasteiger partial charge is 0.330 e. The minimum atomic E-state index is 0.381. The lowest BCUT2D eigenvalue weighted by molar-refractivity contribution is 0.465. The molecule has 0 heterocycles. The molecule has 0 bridgehead atoms. The second-order valence-corrected chi connectivity index (χ2v) is 4.38. The second kappa shape index (κ2) is 5.29. The molecule has 0 amide bonds. The maximum absolute atomic E-state index is 5.72. The van der Waals surface area contributed by atoms with Crippen molar-refractivity contribution in [2.75, 3.05) is 13.1 Å². The van der Waals surface area contributed by atoms with Gasteiger partial charge < -0.3 is 11.5 Å². The molecular weight excluding hydrogens is 184 g/mol. The minimum absolute atomic E-state index is 0.381. The summed E-state index contributed by atoms with van der Waals surface area (Å²) in [4.78, 5) is 0. The topological polar surface area (TPSA) is 52.0 Å². The van der Waals surface area contributed by atoms with Gasteiger partial charge in [-0.3, -0.25) is 0 Å². The first-order valence-corrected chi connectivity index (χ1v) is 5.57. The molecule has 15 heavy (non-hydrogen) atoms. The average molecular weight is 206 g/mol. The molecule has 0 aliphatic heterocycles. The number of nitrogens with two attached hydrogens (primary N) is 2. The fourth-order valence-corrected chi connectivity index (χ4v) is 2.09. The van der Waals surface area contributed by atoms with Crippen LogP contribution in [0.3, 0.4) is 0 Å². The first-order chi connectivity index (χ1) is 7.10. The molecule has 0 aromatic heterocycles. The number of aryl methyl sites for hydroxylation is 2. The molecule has 2 nitrogen and oxygen atoms in total. The molecule has 0 radical (unpaired) electrons. The summed E-state index contributed by atoms with van der Waals surface area (Å²) in [5, 5.41) is 0. The van der Waals surface area contributed by atoms with E-state index < -0.39 is 0 Å². The van der Waals surface area contributed by atoms with Crippen molar-refractivity contribution in [3.8, 4) is 0 Å². The van der Waals surface area contributed by atoms with Crippen LogP contribution in [0.25, 0.3) is 0 Å². The zero-order chi connectivity index (χ0) is 11.4. The van der Waals surface area contributed by atoms with E-state index in [1.165, 1.54) is 16.7 Å². The Morgan fingerprint density at radius 2 is 1.73 bits per heavy atom. The van der Waals surface area contributed by atoms with Crippen molar-refractivity contribution in [1.29, 1.82) is 0 Å². The van der Waals surface area contributed by atoms with Crippen LogP contribution in [-0.4, -0.2) is 13.1 Å². The SMILES string of the molecule is Cc1ccc(C(C)C(CN)CN)c(C)c1. The molecule has 84 valence electrons. The number of benzene rings is 1. The molecule has 0 saturated carbocycles. The van der Waals surface area contributed by atoms with Crippen molar-refractivity contribution < 1.29 is 0 Å². The van der Waals surface area contributed by atoms with Crippen molar-refractivity contribution in [3.63, 3.8) is 0 Å². The van der Waals surface area contributed by atoms with Gasteiger partial charge in [0, 0.05) is 0 Å². The highest BCUT2D eigenvalue weighted by Gasteiger charge is 2.17. The zero-order valence-electron chi connectivity index (χ0n) is 9.96. The first-order valence-electron chi connectivity index (χ1n) is 5.57. The van der Waals surface area contributed by atoms with Gasteiger partial charge in [0.2, 0.25) is 0 Å². The summed E-state index contributed by atoms with van der Waals surface area (Å²) in [6, 6.07) is 6.58. The molecule has 4 N–H and O–H groups in total. The van der Waals surface area contributed by atoms with E-state index in [-0.39, 0.29) is 0 Å². The van der Waals surface area contributed by atoms with Gasteiger partial charge in [0.1, 0.15) is 0 Å². The third-order valence-electron chi connectivity index (χ3n) is 3.23. The van der Waals surface area contributed by atoms with Gasteiger partial charge in [-0.15, -0.1) is 0 Å². The lowest BCUT2D eigenvalue weighted by Crippen LogP contribution is -2.28. The molecule has 1 aromatic carbocycles. The van der Waals surface area contributed by atoms with Crippen LogP contribution in [0.5, 0.6) is 0 Å². The van der Waals surface area contributed by atoms with Gasteiger partial charge in [-0.2, -0.15) is 0 Å². The average Bonchev–Trinajstić information content (AvgIpc) is 2.19. The predicted molar refractivity (Wildman–Crippen MR) is 65.9 cm³/mol. The van der Waals surface area contributed by atoms with Crippen LogP contribution in [-0.2, 0) is 0 Å². The van der Waals surface area contributed by atoms with Crippen LogP contribution in [0.15, 0.2) is 18.2 Å². The van der Waals surface area contributed by atoms with Crippen LogP contribution < -0.4 is 11.5 Å². The summed E-state index contributed by atoms with van der Waals surface area (Å²) in [5.74, 6) is 0.826. The van der Waals surface area contributed by atoms with E-state index in [9.17, 15) is 0 Å². The Morgan fingerprint density at radius 3 is 2.20 bits per heavy atom. The molecule has 0 fully saturated rings. The maximum Gasteiger partial charge on any atom is -0.00310 e.